The molecule has 3 rings (SSSR count). The van der Waals surface area contributed by atoms with Gasteiger partial charge in [-0.1, -0.05) is 12.1 Å². The highest BCUT2D eigenvalue weighted by molar-refractivity contribution is 5.90. The number of amides is 1. The molecule has 1 heterocycles. The Balaban J connectivity index is 1.37. The molecule has 0 aliphatic carbocycles. The molecule has 0 saturated carbocycles. The Morgan fingerprint density at radius 2 is 1.82 bits per heavy atom. The van der Waals surface area contributed by atoms with E-state index in [9.17, 15) is 9.18 Å². The van der Waals surface area contributed by atoms with E-state index in [4.69, 9.17) is 9.47 Å². The molecule has 3 aromatic rings. The SMILES string of the molecule is O=C(CCCOc1cccc(F)c1)Nc1cccc(OCCn2cccn2)c1. The summed E-state index contributed by atoms with van der Waals surface area (Å²) in [6.07, 6.45) is 4.43. The fraction of sp³-hybridized carbons (Fsp3) is 0.238. The van der Waals surface area contributed by atoms with Gasteiger partial charge in [-0.25, -0.2) is 4.39 Å². The third-order valence-corrected chi connectivity index (χ3v) is 3.88. The van der Waals surface area contributed by atoms with E-state index < -0.39 is 0 Å². The van der Waals surface area contributed by atoms with E-state index in [1.165, 1.54) is 12.1 Å². The Hall–Kier alpha value is -3.35. The van der Waals surface area contributed by atoms with Crippen LogP contribution in [-0.2, 0) is 11.3 Å². The first-order valence-electron chi connectivity index (χ1n) is 9.07. The second-order valence-electron chi connectivity index (χ2n) is 6.10. The van der Waals surface area contributed by atoms with E-state index in [0.717, 1.165) is 0 Å². The van der Waals surface area contributed by atoms with Gasteiger partial charge in [0.05, 0.1) is 13.2 Å². The van der Waals surface area contributed by atoms with Crippen molar-refractivity contribution in [2.24, 2.45) is 0 Å². The van der Waals surface area contributed by atoms with Crippen LogP contribution in [0.1, 0.15) is 12.8 Å². The number of nitrogens with one attached hydrogen (secondary N) is 1. The topological polar surface area (TPSA) is 65.4 Å². The number of carbonyl (C=O) groups excluding carboxylic acids is 1. The van der Waals surface area contributed by atoms with Gasteiger partial charge in [0.15, 0.2) is 0 Å². The lowest BCUT2D eigenvalue weighted by atomic mass is 10.2. The molecular weight excluding hydrogens is 361 g/mol. The quantitative estimate of drug-likeness (QED) is 0.539. The van der Waals surface area contributed by atoms with Crippen LogP contribution in [0.4, 0.5) is 10.1 Å². The van der Waals surface area contributed by atoms with Crippen molar-refractivity contribution < 1.29 is 18.7 Å². The van der Waals surface area contributed by atoms with E-state index >= 15 is 0 Å². The molecule has 0 bridgehead atoms. The number of carbonyl (C=O) groups is 1. The van der Waals surface area contributed by atoms with Crippen LogP contribution < -0.4 is 14.8 Å². The lowest BCUT2D eigenvalue weighted by Crippen LogP contribution is -2.13. The fourth-order valence-corrected chi connectivity index (χ4v) is 2.56. The highest BCUT2D eigenvalue weighted by Gasteiger charge is 2.05. The molecule has 1 N–H and O–H groups in total. The molecule has 2 aromatic carbocycles. The van der Waals surface area contributed by atoms with Crippen molar-refractivity contribution in [2.75, 3.05) is 18.5 Å². The summed E-state index contributed by atoms with van der Waals surface area (Å²) in [5.41, 5.74) is 0.674. The maximum atomic E-state index is 13.1. The minimum atomic E-state index is -0.345. The molecule has 28 heavy (non-hydrogen) atoms. The number of anilines is 1. The number of hydrogen-bond donors (Lipinski definition) is 1. The van der Waals surface area contributed by atoms with E-state index in [1.807, 2.05) is 30.5 Å². The van der Waals surface area contributed by atoms with Gasteiger partial charge in [0.1, 0.15) is 23.9 Å². The Labute approximate surface area is 162 Å². The summed E-state index contributed by atoms with van der Waals surface area (Å²) in [7, 11) is 0. The first-order valence-corrected chi connectivity index (χ1v) is 9.07. The summed E-state index contributed by atoms with van der Waals surface area (Å²) in [6, 6.07) is 15.1. The predicted octanol–water partition coefficient (Wildman–Crippen LogP) is 3.90. The minimum Gasteiger partial charge on any atom is -0.493 e. The molecule has 6 nitrogen and oxygen atoms in total. The second kappa shape index (κ2) is 10.1. The zero-order valence-corrected chi connectivity index (χ0v) is 15.4. The van der Waals surface area contributed by atoms with Gasteiger partial charge in [-0.15, -0.1) is 0 Å². The number of rotatable bonds is 10. The largest absolute Gasteiger partial charge is 0.493 e. The van der Waals surface area contributed by atoms with Crippen molar-refractivity contribution in [3.05, 3.63) is 72.8 Å². The average molecular weight is 383 g/mol. The lowest BCUT2D eigenvalue weighted by molar-refractivity contribution is -0.116. The third-order valence-electron chi connectivity index (χ3n) is 3.88. The number of aromatic nitrogens is 2. The van der Waals surface area contributed by atoms with Crippen LogP contribution in [0, 0.1) is 5.82 Å². The summed E-state index contributed by atoms with van der Waals surface area (Å²) in [4.78, 5) is 12.1. The van der Waals surface area contributed by atoms with Crippen LogP contribution >= 0.6 is 0 Å². The minimum absolute atomic E-state index is 0.114. The van der Waals surface area contributed by atoms with E-state index in [1.54, 1.807) is 29.1 Å². The smallest absolute Gasteiger partial charge is 0.224 e. The summed E-state index contributed by atoms with van der Waals surface area (Å²) in [5, 5.41) is 6.96. The van der Waals surface area contributed by atoms with Crippen LogP contribution in [0.3, 0.4) is 0 Å². The van der Waals surface area contributed by atoms with Crippen LogP contribution in [0.2, 0.25) is 0 Å². The van der Waals surface area contributed by atoms with Crippen molar-refractivity contribution in [1.82, 2.24) is 9.78 Å². The van der Waals surface area contributed by atoms with Gasteiger partial charge in [-0.2, -0.15) is 5.10 Å². The number of hydrogen-bond acceptors (Lipinski definition) is 4. The number of nitrogens with zero attached hydrogens (tertiary/aromatic N) is 2. The van der Waals surface area contributed by atoms with Crippen LogP contribution in [-0.4, -0.2) is 28.9 Å². The zero-order chi connectivity index (χ0) is 19.6. The molecule has 0 aliphatic rings. The van der Waals surface area contributed by atoms with E-state index in [-0.39, 0.29) is 11.7 Å². The molecule has 0 radical (unpaired) electrons. The fourth-order valence-electron chi connectivity index (χ4n) is 2.56. The van der Waals surface area contributed by atoms with Crippen molar-refractivity contribution >= 4 is 11.6 Å². The molecule has 146 valence electrons. The molecule has 0 aliphatic heterocycles. The summed E-state index contributed by atoms with van der Waals surface area (Å²) in [5.74, 6) is 0.679. The maximum absolute atomic E-state index is 13.1. The highest BCUT2D eigenvalue weighted by Crippen LogP contribution is 2.18. The van der Waals surface area contributed by atoms with Gasteiger partial charge >= 0.3 is 0 Å². The molecule has 0 fully saturated rings. The Bertz CT molecular complexity index is 884. The van der Waals surface area contributed by atoms with E-state index in [0.29, 0.717) is 49.8 Å². The lowest BCUT2D eigenvalue weighted by Gasteiger charge is -2.10. The van der Waals surface area contributed by atoms with Gasteiger partial charge in [0.2, 0.25) is 5.91 Å². The zero-order valence-electron chi connectivity index (χ0n) is 15.4. The van der Waals surface area contributed by atoms with Gasteiger partial charge < -0.3 is 14.8 Å². The summed E-state index contributed by atoms with van der Waals surface area (Å²) < 4.78 is 26.0. The van der Waals surface area contributed by atoms with Gasteiger partial charge in [-0.05, 0) is 36.8 Å². The number of benzene rings is 2. The highest BCUT2D eigenvalue weighted by atomic mass is 19.1. The third kappa shape index (κ3) is 6.42. The first kappa shape index (κ1) is 19.4. The normalized spacial score (nSPS) is 10.5. The Morgan fingerprint density at radius 3 is 2.61 bits per heavy atom. The predicted molar refractivity (Wildman–Crippen MR) is 104 cm³/mol. The Kier molecular flexibility index (Phi) is 7.01. The van der Waals surface area contributed by atoms with Crippen molar-refractivity contribution in [3.63, 3.8) is 0 Å². The molecule has 0 saturated heterocycles. The number of ether oxygens (including phenoxy) is 2. The second-order valence-corrected chi connectivity index (χ2v) is 6.10. The molecule has 1 amide bonds. The number of halogens is 1. The molecule has 0 unspecified atom stereocenters. The first-order chi connectivity index (χ1) is 13.7. The van der Waals surface area contributed by atoms with Crippen molar-refractivity contribution in [2.45, 2.75) is 19.4 Å². The van der Waals surface area contributed by atoms with Crippen LogP contribution in [0.25, 0.3) is 0 Å². The van der Waals surface area contributed by atoms with Gasteiger partial charge in [0.25, 0.3) is 0 Å². The maximum Gasteiger partial charge on any atom is 0.224 e. The monoisotopic (exact) mass is 383 g/mol. The molecule has 0 atom stereocenters. The van der Waals surface area contributed by atoms with Gasteiger partial charge in [0, 0.05) is 36.6 Å². The summed E-state index contributed by atoms with van der Waals surface area (Å²) >= 11 is 0. The molecular formula is C21H22FN3O3. The standard InChI is InChI=1S/C21H22FN3O3/c22-17-5-1-7-19(15-17)27-13-3-9-21(26)24-18-6-2-8-20(16-18)28-14-12-25-11-4-10-23-25/h1-2,4-8,10-11,15-16H,3,9,12-14H2,(H,24,26). The van der Waals surface area contributed by atoms with Crippen LogP contribution in [0.5, 0.6) is 11.5 Å². The molecule has 0 spiro atoms. The van der Waals surface area contributed by atoms with Crippen LogP contribution in [0.15, 0.2) is 67.0 Å². The Morgan fingerprint density at radius 1 is 1.04 bits per heavy atom. The molecule has 7 heteroatoms. The van der Waals surface area contributed by atoms with E-state index in [2.05, 4.69) is 10.4 Å². The average Bonchev–Trinajstić information content (AvgIpc) is 3.19. The van der Waals surface area contributed by atoms with Crippen molar-refractivity contribution in [3.8, 4) is 11.5 Å². The molecule has 1 aromatic heterocycles. The van der Waals surface area contributed by atoms with Crippen molar-refractivity contribution in [1.29, 1.82) is 0 Å². The van der Waals surface area contributed by atoms with Gasteiger partial charge in [-0.3, -0.25) is 9.48 Å². The summed E-state index contributed by atoms with van der Waals surface area (Å²) in [6.45, 7) is 1.47.